The van der Waals surface area contributed by atoms with Gasteiger partial charge in [-0.15, -0.1) is 0 Å². The maximum atomic E-state index is 13.1. The summed E-state index contributed by atoms with van der Waals surface area (Å²) in [6.07, 6.45) is 5.24. The first-order valence-electron chi connectivity index (χ1n) is 9.72. The van der Waals surface area contributed by atoms with Gasteiger partial charge in [0.25, 0.3) is 5.91 Å². The van der Waals surface area contributed by atoms with Crippen molar-refractivity contribution in [1.82, 2.24) is 9.80 Å². The van der Waals surface area contributed by atoms with Crippen molar-refractivity contribution in [2.45, 2.75) is 12.8 Å². The number of rotatable bonds is 3. The van der Waals surface area contributed by atoms with E-state index < -0.39 is 0 Å². The van der Waals surface area contributed by atoms with Crippen molar-refractivity contribution in [3.05, 3.63) is 76.0 Å². The minimum Gasteiger partial charge on any atom is -0.339 e. The second-order valence-electron chi connectivity index (χ2n) is 7.88. The number of carbonyl (C=O) groups excluding carboxylic acids is 2. The second kappa shape index (κ2) is 8.11. The highest BCUT2D eigenvalue weighted by molar-refractivity contribution is 9.10. The molecule has 2 aliphatic heterocycles. The summed E-state index contributed by atoms with van der Waals surface area (Å²) in [5.41, 5.74) is 1.64. The molecule has 4 nitrogen and oxygen atoms in total. The highest BCUT2D eigenvalue weighted by Gasteiger charge is 2.46. The molecule has 0 radical (unpaired) electrons. The van der Waals surface area contributed by atoms with Crippen LogP contribution in [0.2, 0.25) is 0 Å². The molecule has 2 amide bonds. The summed E-state index contributed by atoms with van der Waals surface area (Å²) in [5.74, 6) is -0.361. The molecule has 150 valence electrons. The van der Waals surface area contributed by atoms with E-state index >= 15 is 0 Å². The third kappa shape index (κ3) is 4.42. The molecule has 2 aromatic rings. The van der Waals surface area contributed by atoms with Gasteiger partial charge in [0.15, 0.2) is 0 Å². The Bertz CT molecular complexity index is 924. The lowest BCUT2D eigenvalue weighted by Gasteiger charge is -2.53. The first-order valence-corrected chi connectivity index (χ1v) is 10.5. The number of halogens is 2. The molecule has 4 rings (SSSR count). The number of nitrogens with zero attached hydrogens (tertiary/aromatic N) is 2. The fraction of sp³-hybridized carbons (Fsp3) is 0.304. The monoisotopic (exact) mass is 456 g/mol. The Balaban J connectivity index is 1.27. The fourth-order valence-corrected chi connectivity index (χ4v) is 4.31. The van der Waals surface area contributed by atoms with Crippen molar-refractivity contribution >= 4 is 33.8 Å². The molecule has 2 aromatic carbocycles. The zero-order valence-electron chi connectivity index (χ0n) is 16.0. The topological polar surface area (TPSA) is 40.6 Å². The number of carbonyl (C=O) groups is 2. The fourth-order valence-electron chi connectivity index (χ4n) is 4.04. The van der Waals surface area contributed by atoms with Gasteiger partial charge in [0.05, 0.1) is 0 Å². The first-order chi connectivity index (χ1) is 13.9. The van der Waals surface area contributed by atoms with E-state index in [0.717, 1.165) is 36.0 Å². The SMILES string of the molecule is O=C(/C=C/c1ccc(Br)cc1)N1CC2(CCN(C(=O)c3ccc(F)cc3)CC2)C1. The van der Waals surface area contributed by atoms with Crippen LogP contribution in [-0.2, 0) is 4.79 Å². The molecule has 0 aliphatic carbocycles. The average Bonchev–Trinajstić information content (AvgIpc) is 2.71. The number of hydrogen-bond donors (Lipinski definition) is 0. The van der Waals surface area contributed by atoms with Gasteiger partial charge in [0, 0.05) is 47.7 Å². The van der Waals surface area contributed by atoms with Crippen LogP contribution in [0, 0.1) is 11.2 Å². The van der Waals surface area contributed by atoms with Crippen molar-refractivity contribution in [1.29, 1.82) is 0 Å². The zero-order chi connectivity index (χ0) is 20.4. The Kier molecular flexibility index (Phi) is 5.54. The van der Waals surface area contributed by atoms with E-state index in [4.69, 9.17) is 0 Å². The van der Waals surface area contributed by atoms with Crippen molar-refractivity contribution in [3.63, 3.8) is 0 Å². The van der Waals surface area contributed by atoms with E-state index in [9.17, 15) is 14.0 Å². The van der Waals surface area contributed by atoms with Crippen molar-refractivity contribution in [2.24, 2.45) is 5.41 Å². The predicted molar refractivity (Wildman–Crippen MR) is 114 cm³/mol. The summed E-state index contributed by atoms with van der Waals surface area (Å²) in [6.45, 7) is 2.84. The van der Waals surface area contributed by atoms with Crippen LogP contribution >= 0.6 is 15.9 Å². The van der Waals surface area contributed by atoms with Crippen LogP contribution in [0.15, 0.2) is 59.1 Å². The quantitative estimate of drug-likeness (QED) is 0.643. The lowest BCUT2D eigenvalue weighted by atomic mass is 9.72. The van der Waals surface area contributed by atoms with Crippen molar-refractivity contribution in [3.8, 4) is 0 Å². The molecular weight excluding hydrogens is 435 g/mol. The molecule has 6 heteroatoms. The van der Waals surface area contributed by atoms with Crippen LogP contribution < -0.4 is 0 Å². The average molecular weight is 457 g/mol. The number of benzene rings is 2. The van der Waals surface area contributed by atoms with Gasteiger partial charge in [0.1, 0.15) is 5.82 Å². The van der Waals surface area contributed by atoms with Gasteiger partial charge < -0.3 is 9.80 Å². The molecule has 2 heterocycles. The van der Waals surface area contributed by atoms with Gasteiger partial charge in [-0.1, -0.05) is 28.1 Å². The molecule has 29 heavy (non-hydrogen) atoms. The van der Waals surface area contributed by atoms with Crippen molar-refractivity contribution in [2.75, 3.05) is 26.2 Å². The standard InChI is InChI=1S/C23H22BrFN2O2/c24-19-6-1-17(2-7-19)3-10-21(28)27-15-23(16-27)11-13-26(14-12-23)22(29)18-4-8-20(25)9-5-18/h1-10H,11-16H2/b10-3+. The molecule has 0 bridgehead atoms. The van der Waals surface area contributed by atoms with Crippen LogP contribution in [0.1, 0.15) is 28.8 Å². The molecular formula is C23H22BrFN2O2. The number of amides is 2. The van der Waals surface area contributed by atoms with Crippen LogP contribution in [0.25, 0.3) is 6.08 Å². The summed E-state index contributed by atoms with van der Waals surface area (Å²) < 4.78 is 14.1. The molecule has 0 atom stereocenters. The molecule has 0 unspecified atom stereocenters. The van der Waals surface area contributed by atoms with E-state index in [-0.39, 0.29) is 23.0 Å². The third-order valence-corrected chi connectivity index (χ3v) is 6.38. The Morgan fingerprint density at radius 3 is 2.17 bits per heavy atom. The highest BCUT2D eigenvalue weighted by Crippen LogP contribution is 2.40. The van der Waals surface area contributed by atoms with Gasteiger partial charge >= 0.3 is 0 Å². The molecule has 0 N–H and O–H groups in total. The van der Waals surface area contributed by atoms with Gasteiger partial charge in [-0.3, -0.25) is 9.59 Å². The normalized spacial score (nSPS) is 18.1. The molecule has 0 saturated carbocycles. The minimum absolute atomic E-state index is 0.0309. The van der Waals surface area contributed by atoms with E-state index in [1.54, 1.807) is 6.08 Å². The molecule has 2 fully saturated rings. The summed E-state index contributed by atoms with van der Waals surface area (Å²) in [6, 6.07) is 13.5. The summed E-state index contributed by atoms with van der Waals surface area (Å²) in [7, 11) is 0. The summed E-state index contributed by atoms with van der Waals surface area (Å²) in [4.78, 5) is 28.7. The zero-order valence-corrected chi connectivity index (χ0v) is 17.6. The van der Waals surface area contributed by atoms with Gasteiger partial charge in [-0.25, -0.2) is 4.39 Å². The van der Waals surface area contributed by atoms with Crippen LogP contribution in [-0.4, -0.2) is 47.8 Å². The molecule has 0 aromatic heterocycles. The van der Waals surface area contributed by atoms with Crippen LogP contribution in [0.5, 0.6) is 0 Å². The number of likely N-dealkylation sites (tertiary alicyclic amines) is 2. The Morgan fingerprint density at radius 2 is 1.55 bits per heavy atom. The lowest BCUT2D eigenvalue weighted by Crippen LogP contribution is -2.62. The van der Waals surface area contributed by atoms with Gasteiger partial charge in [0.2, 0.25) is 5.91 Å². The van der Waals surface area contributed by atoms with Crippen LogP contribution in [0.4, 0.5) is 4.39 Å². The number of hydrogen-bond acceptors (Lipinski definition) is 2. The van der Waals surface area contributed by atoms with Gasteiger partial charge in [-0.05, 0) is 60.9 Å². The predicted octanol–water partition coefficient (Wildman–Crippen LogP) is 4.37. The van der Waals surface area contributed by atoms with E-state index in [1.165, 1.54) is 24.3 Å². The number of piperidine rings is 1. The lowest BCUT2D eigenvalue weighted by molar-refractivity contribution is -0.140. The maximum absolute atomic E-state index is 13.1. The van der Waals surface area contributed by atoms with E-state index in [1.807, 2.05) is 40.1 Å². The molecule has 1 spiro atoms. The highest BCUT2D eigenvalue weighted by atomic mass is 79.9. The smallest absolute Gasteiger partial charge is 0.253 e. The summed E-state index contributed by atoms with van der Waals surface area (Å²) >= 11 is 3.40. The Labute approximate surface area is 178 Å². The van der Waals surface area contributed by atoms with Crippen LogP contribution in [0.3, 0.4) is 0 Å². The first kappa shape index (κ1) is 19.8. The minimum atomic E-state index is -0.340. The molecule has 2 saturated heterocycles. The van der Waals surface area contributed by atoms with E-state index in [0.29, 0.717) is 18.7 Å². The van der Waals surface area contributed by atoms with Gasteiger partial charge in [-0.2, -0.15) is 0 Å². The Morgan fingerprint density at radius 1 is 0.931 bits per heavy atom. The third-order valence-electron chi connectivity index (χ3n) is 5.86. The van der Waals surface area contributed by atoms with Crippen molar-refractivity contribution < 1.29 is 14.0 Å². The maximum Gasteiger partial charge on any atom is 0.253 e. The largest absolute Gasteiger partial charge is 0.339 e. The molecule has 2 aliphatic rings. The Hall–Kier alpha value is -2.47. The second-order valence-corrected chi connectivity index (χ2v) is 8.79. The van der Waals surface area contributed by atoms with E-state index in [2.05, 4.69) is 15.9 Å². The summed E-state index contributed by atoms with van der Waals surface area (Å²) in [5, 5.41) is 0.